The average Bonchev–Trinajstić information content (AvgIpc) is 3.38. The predicted octanol–water partition coefficient (Wildman–Crippen LogP) is 3.52. The smallest absolute Gasteiger partial charge is 0.310 e. The molecule has 24 heavy (non-hydrogen) atoms. The molecule has 1 aliphatic heterocycles. The van der Waals surface area contributed by atoms with Gasteiger partial charge in [-0.25, -0.2) is 0 Å². The summed E-state index contributed by atoms with van der Waals surface area (Å²) < 4.78 is 16.6. The van der Waals surface area contributed by atoms with Crippen molar-refractivity contribution in [1.82, 2.24) is 0 Å². The Labute approximate surface area is 141 Å². The molecule has 3 unspecified atom stereocenters. The van der Waals surface area contributed by atoms with Gasteiger partial charge >= 0.3 is 5.97 Å². The van der Waals surface area contributed by atoms with E-state index < -0.39 is 0 Å². The first-order valence-corrected chi connectivity index (χ1v) is 8.40. The molecule has 0 radical (unpaired) electrons. The molecule has 1 heterocycles. The minimum atomic E-state index is -0.130. The third-order valence-electron chi connectivity index (χ3n) is 4.71. The first-order valence-electron chi connectivity index (χ1n) is 8.40. The van der Waals surface area contributed by atoms with E-state index in [0.29, 0.717) is 19.8 Å². The van der Waals surface area contributed by atoms with Crippen LogP contribution in [0.1, 0.15) is 29.9 Å². The van der Waals surface area contributed by atoms with Gasteiger partial charge in [0.25, 0.3) is 0 Å². The molecule has 124 valence electrons. The zero-order valence-electron chi connectivity index (χ0n) is 13.6. The van der Waals surface area contributed by atoms with Crippen molar-refractivity contribution in [2.75, 3.05) is 19.8 Å². The standard InChI is InChI=1S/C20H20O4/c1-2-22-20(21)19-17(13-6-4-3-5-7-13)18(19)14-8-9-15-16(12-14)24-11-10-23-15/h3-9,12,17-19H,2,10-11H2,1H3. The van der Waals surface area contributed by atoms with Gasteiger partial charge in [-0.05, 0) is 30.2 Å². The number of hydrogen-bond donors (Lipinski definition) is 0. The van der Waals surface area contributed by atoms with Crippen molar-refractivity contribution in [1.29, 1.82) is 0 Å². The molecule has 1 fully saturated rings. The van der Waals surface area contributed by atoms with Gasteiger partial charge in [-0.2, -0.15) is 0 Å². The molecule has 2 aliphatic rings. The Bertz CT molecular complexity index is 741. The molecule has 3 atom stereocenters. The molecular weight excluding hydrogens is 304 g/mol. The molecule has 4 heteroatoms. The van der Waals surface area contributed by atoms with Crippen molar-refractivity contribution in [3.05, 3.63) is 59.7 Å². The average molecular weight is 324 g/mol. The Hall–Kier alpha value is -2.49. The summed E-state index contributed by atoms with van der Waals surface area (Å²) in [5, 5.41) is 0. The Morgan fingerprint density at radius 1 is 1.00 bits per heavy atom. The number of ether oxygens (including phenoxy) is 3. The lowest BCUT2D eigenvalue weighted by molar-refractivity contribution is -0.144. The van der Waals surface area contributed by atoms with Crippen LogP contribution in [0.2, 0.25) is 0 Å². The maximum Gasteiger partial charge on any atom is 0.310 e. The van der Waals surface area contributed by atoms with Gasteiger partial charge in [-0.1, -0.05) is 36.4 Å². The van der Waals surface area contributed by atoms with Crippen LogP contribution in [0, 0.1) is 5.92 Å². The second-order valence-electron chi connectivity index (χ2n) is 6.14. The molecule has 0 amide bonds. The summed E-state index contributed by atoms with van der Waals surface area (Å²) in [5.41, 5.74) is 2.28. The van der Waals surface area contributed by atoms with E-state index in [0.717, 1.165) is 17.1 Å². The minimum absolute atomic E-state index is 0.119. The van der Waals surface area contributed by atoms with Gasteiger partial charge in [0, 0.05) is 11.8 Å². The Kier molecular flexibility index (Phi) is 3.89. The number of rotatable bonds is 4. The van der Waals surface area contributed by atoms with Gasteiger partial charge in [0.05, 0.1) is 12.5 Å². The van der Waals surface area contributed by atoms with E-state index in [9.17, 15) is 4.79 Å². The van der Waals surface area contributed by atoms with Gasteiger partial charge < -0.3 is 14.2 Å². The largest absolute Gasteiger partial charge is 0.486 e. The van der Waals surface area contributed by atoms with Crippen molar-refractivity contribution in [2.24, 2.45) is 5.92 Å². The Morgan fingerprint density at radius 3 is 2.46 bits per heavy atom. The maximum absolute atomic E-state index is 12.4. The van der Waals surface area contributed by atoms with E-state index in [-0.39, 0.29) is 23.7 Å². The highest BCUT2D eigenvalue weighted by Gasteiger charge is 2.57. The lowest BCUT2D eigenvalue weighted by Gasteiger charge is -2.19. The third kappa shape index (κ3) is 2.62. The summed E-state index contributed by atoms with van der Waals surface area (Å²) >= 11 is 0. The van der Waals surface area contributed by atoms with E-state index in [4.69, 9.17) is 14.2 Å². The van der Waals surface area contributed by atoms with Crippen LogP contribution in [0.25, 0.3) is 0 Å². The molecule has 0 spiro atoms. The van der Waals surface area contributed by atoms with Crippen LogP contribution < -0.4 is 9.47 Å². The van der Waals surface area contributed by atoms with Crippen LogP contribution in [0.15, 0.2) is 48.5 Å². The Balaban J connectivity index is 1.66. The topological polar surface area (TPSA) is 44.8 Å². The number of fused-ring (bicyclic) bond motifs is 1. The van der Waals surface area contributed by atoms with Crippen LogP contribution in [-0.4, -0.2) is 25.8 Å². The van der Waals surface area contributed by atoms with Crippen molar-refractivity contribution in [3.63, 3.8) is 0 Å². The fourth-order valence-corrected chi connectivity index (χ4v) is 3.61. The fraction of sp³-hybridized carbons (Fsp3) is 0.350. The number of benzene rings is 2. The highest BCUT2D eigenvalue weighted by Crippen LogP contribution is 2.61. The van der Waals surface area contributed by atoms with Gasteiger partial charge in [0.15, 0.2) is 11.5 Å². The first kappa shape index (κ1) is 15.1. The molecule has 2 aromatic rings. The molecular formula is C20H20O4. The van der Waals surface area contributed by atoms with E-state index in [1.165, 1.54) is 5.56 Å². The fourth-order valence-electron chi connectivity index (χ4n) is 3.61. The molecule has 1 aliphatic carbocycles. The van der Waals surface area contributed by atoms with Gasteiger partial charge in [0.1, 0.15) is 13.2 Å². The van der Waals surface area contributed by atoms with E-state index in [1.807, 2.05) is 43.3 Å². The summed E-state index contributed by atoms with van der Waals surface area (Å²) in [7, 11) is 0. The van der Waals surface area contributed by atoms with Crippen LogP contribution >= 0.6 is 0 Å². The Morgan fingerprint density at radius 2 is 1.71 bits per heavy atom. The van der Waals surface area contributed by atoms with Gasteiger partial charge in [-0.15, -0.1) is 0 Å². The number of carbonyl (C=O) groups excluding carboxylic acids is 1. The van der Waals surface area contributed by atoms with Crippen molar-refractivity contribution in [3.8, 4) is 11.5 Å². The summed E-state index contributed by atoms with van der Waals surface area (Å²) in [6.07, 6.45) is 0. The van der Waals surface area contributed by atoms with Crippen LogP contribution in [0.3, 0.4) is 0 Å². The summed E-state index contributed by atoms with van der Waals surface area (Å²) in [6.45, 7) is 3.39. The highest BCUT2D eigenvalue weighted by atomic mass is 16.6. The van der Waals surface area contributed by atoms with Crippen molar-refractivity contribution < 1.29 is 19.0 Å². The van der Waals surface area contributed by atoms with Crippen LogP contribution in [0.5, 0.6) is 11.5 Å². The predicted molar refractivity (Wildman–Crippen MR) is 89.5 cm³/mol. The number of carbonyl (C=O) groups is 1. The third-order valence-corrected chi connectivity index (χ3v) is 4.71. The maximum atomic E-state index is 12.4. The summed E-state index contributed by atoms with van der Waals surface area (Å²) in [6, 6.07) is 16.1. The second-order valence-corrected chi connectivity index (χ2v) is 6.14. The summed E-state index contributed by atoms with van der Waals surface area (Å²) in [4.78, 5) is 12.4. The lowest BCUT2D eigenvalue weighted by atomic mass is 10.0. The van der Waals surface area contributed by atoms with E-state index in [2.05, 4.69) is 12.1 Å². The van der Waals surface area contributed by atoms with Gasteiger partial charge in [-0.3, -0.25) is 4.79 Å². The van der Waals surface area contributed by atoms with Gasteiger partial charge in [0.2, 0.25) is 0 Å². The molecule has 2 aromatic carbocycles. The van der Waals surface area contributed by atoms with Crippen LogP contribution in [0.4, 0.5) is 0 Å². The molecule has 1 saturated carbocycles. The normalized spacial score (nSPS) is 24.3. The van der Waals surface area contributed by atoms with Crippen molar-refractivity contribution >= 4 is 5.97 Å². The van der Waals surface area contributed by atoms with Crippen LogP contribution in [-0.2, 0) is 9.53 Å². The SMILES string of the molecule is CCOC(=O)C1C(c2ccccc2)C1c1ccc2c(c1)OCCO2. The number of esters is 1. The number of hydrogen-bond acceptors (Lipinski definition) is 4. The van der Waals surface area contributed by atoms with E-state index in [1.54, 1.807) is 0 Å². The lowest BCUT2D eigenvalue weighted by Crippen LogP contribution is -2.15. The van der Waals surface area contributed by atoms with E-state index >= 15 is 0 Å². The molecule has 4 rings (SSSR count). The zero-order valence-corrected chi connectivity index (χ0v) is 13.6. The monoisotopic (exact) mass is 324 g/mol. The molecule has 0 aromatic heterocycles. The summed E-state index contributed by atoms with van der Waals surface area (Å²) in [5.74, 6) is 1.57. The second kappa shape index (κ2) is 6.19. The molecule has 4 nitrogen and oxygen atoms in total. The molecule has 0 bridgehead atoms. The zero-order chi connectivity index (χ0) is 16.5. The minimum Gasteiger partial charge on any atom is -0.486 e. The quantitative estimate of drug-likeness (QED) is 0.807. The first-order chi connectivity index (χ1) is 11.8. The molecule has 0 N–H and O–H groups in total. The van der Waals surface area contributed by atoms with Crippen molar-refractivity contribution in [2.45, 2.75) is 18.8 Å². The highest BCUT2D eigenvalue weighted by molar-refractivity contribution is 5.80. The molecule has 0 saturated heterocycles.